The van der Waals surface area contributed by atoms with Crippen molar-refractivity contribution < 1.29 is 8.78 Å². The number of piperidine rings is 1. The lowest BCUT2D eigenvalue weighted by atomic mass is 9.90. The van der Waals surface area contributed by atoms with Crippen LogP contribution in [0.2, 0.25) is 0 Å². The Hall–Kier alpha value is -1.79. The summed E-state index contributed by atoms with van der Waals surface area (Å²) >= 11 is 0. The van der Waals surface area contributed by atoms with Crippen molar-refractivity contribution in [3.8, 4) is 0 Å². The molecule has 1 aromatic carbocycles. The van der Waals surface area contributed by atoms with Crippen LogP contribution in [0.5, 0.6) is 0 Å². The molecule has 0 radical (unpaired) electrons. The molecule has 2 saturated heterocycles. The molecule has 2 aliphatic heterocycles. The molecule has 24 heavy (non-hydrogen) atoms. The highest BCUT2D eigenvalue weighted by Gasteiger charge is 2.24. The van der Waals surface area contributed by atoms with Crippen LogP contribution in [-0.4, -0.2) is 40.9 Å². The largest absolute Gasteiger partial charge is 0.312 e. The summed E-state index contributed by atoms with van der Waals surface area (Å²) in [6.45, 7) is 4.75. The van der Waals surface area contributed by atoms with Crippen molar-refractivity contribution in [2.45, 2.75) is 31.3 Å². The van der Waals surface area contributed by atoms with Crippen LogP contribution < -0.4 is 5.32 Å². The lowest BCUT2D eigenvalue weighted by Crippen LogP contribution is -2.43. The van der Waals surface area contributed by atoms with Crippen molar-refractivity contribution in [1.29, 1.82) is 0 Å². The first-order valence-electron chi connectivity index (χ1n) is 8.60. The standard InChI is InChI=1S/C18H22F2N4/c19-17-4-3-14(6-18(17)20)15-2-1-5-23(12-15)10-13-7-22-24(11-13)16-8-21-9-16/h3-4,6-7,11,15-16,21H,1-2,5,8-10,12H2. The zero-order valence-corrected chi connectivity index (χ0v) is 13.6. The minimum atomic E-state index is -0.774. The number of nitrogens with zero attached hydrogens (tertiary/aromatic N) is 3. The van der Waals surface area contributed by atoms with Crippen LogP contribution in [0.15, 0.2) is 30.6 Å². The number of rotatable bonds is 4. The van der Waals surface area contributed by atoms with Gasteiger partial charge in [0.05, 0.1) is 12.2 Å². The fraction of sp³-hybridized carbons (Fsp3) is 0.500. The van der Waals surface area contributed by atoms with Gasteiger partial charge in [-0.2, -0.15) is 5.10 Å². The molecule has 0 aliphatic carbocycles. The molecule has 1 N–H and O–H groups in total. The second-order valence-corrected chi connectivity index (χ2v) is 6.89. The van der Waals surface area contributed by atoms with Gasteiger partial charge < -0.3 is 5.32 Å². The molecule has 1 unspecified atom stereocenters. The summed E-state index contributed by atoms with van der Waals surface area (Å²) in [4.78, 5) is 2.38. The molecule has 0 saturated carbocycles. The first-order valence-corrected chi connectivity index (χ1v) is 8.60. The summed E-state index contributed by atoms with van der Waals surface area (Å²) in [5, 5.41) is 7.72. The van der Waals surface area contributed by atoms with Gasteiger partial charge >= 0.3 is 0 Å². The van der Waals surface area contributed by atoms with Gasteiger partial charge in [-0.25, -0.2) is 8.78 Å². The fourth-order valence-electron chi connectivity index (χ4n) is 3.61. The number of hydrogen-bond donors (Lipinski definition) is 1. The summed E-state index contributed by atoms with van der Waals surface area (Å²) in [6.07, 6.45) is 6.17. The number of nitrogens with one attached hydrogen (secondary N) is 1. The minimum absolute atomic E-state index is 0.264. The lowest BCUT2D eigenvalue weighted by molar-refractivity contribution is 0.200. The van der Waals surface area contributed by atoms with Gasteiger partial charge in [-0.1, -0.05) is 6.07 Å². The molecule has 128 valence electrons. The first-order chi connectivity index (χ1) is 11.7. The molecule has 2 fully saturated rings. The Morgan fingerprint density at radius 3 is 2.83 bits per heavy atom. The molecule has 0 bridgehead atoms. The van der Waals surface area contributed by atoms with Gasteiger partial charge in [0.2, 0.25) is 0 Å². The van der Waals surface area contributed by atoms with E-state index in [0.29, 0.717) is 6.04 Å². The van der Waals surface area contributed by atoms with Crippen molar-refractivity contribution in [2.75, 3.05) is 26.2 Å². The zero-order valence-electron chi connectivity index (χ0n) is 13.6. The number of hydrogen-bond acceptors (Lipinski definition) is 3. The third-order valence-electron chi connectivity index (χ3n) is 5.12. The van der Waals surface area contributed by atoms with Gasteiger partial charge in [0.1, 0.15) is 0 Å². The van der Waals surface area contributed by atoms with Gasteiger partial charge in [-0.05, 0) is 43.0 Å². The van der Waals surface area contributed by atoms with Crippen molar-refractivity contribution >= 4 is 0 Å². The maximum atomic E-state index is 13.5. The fourth-order valence-corrected chi connectivity index (χ4v) is 3.61. The third kappa shape index (κ3) is 3.21. The highest BCUT2D eigenvalue weighted by molar-refractivity contribution is 5.23. The Morgan fingerprint density at radius 2 is 2.08 bits per heavy atom. The number of benzene rings is 1. The average molecular weight is 332 g/mol. The predicted octanol–water partition coefficient (Wildman–Crippen LogP) is 2.69. The van der Waals surface area contributed by atoms with Gasteiger partial charge in [-0.15, -0.1) is 0 Å². The molecule has 6 heteroatoms. The van der Waals surface area contributed by atoms with E-state index < -0.39 is 11.6 Å². The van der Waals surface area contributed by atoms with Crippen molar-refractivity contribution in [3.05, 3.63) is 53.4 Å². The van der Waals surface area contributed by atoms with Crippen LogP contribution in [-0.2, 0) is 6.54 Å². The Kier molecular flexibility index (Phi) is 4.33. The first kappa shape index (κ1) is 15.7. The number of likely N-dealkylation sites (tertiary alicyclic amines) is 1. The number of halogens is 2. The molecule has 4 rings (SSSR count). The summed E-state index contributed by atoms with van der Waals surface area (Å²) in [5.74, 6) is -1.26. The maximum Gasteiger partial charge on any atom is 0.159 e. The number of aromatic nitrogens is 2. The van der Waals surface area contributed by atoms with E-state index in [1.165, 1.54) is 17.7 Å². The quantitative estimate of drug-likeness (QED) is 0.934. The molecule has 1 aromatic heterocycles. The second kappa shape index (κ2) is 6.61. The average Bonchev–Trinajstić information content (AvgIpc) is 2.96. The molecule has 1 atom stereocenters. The molecule has 0 spiro atoms. The molecule has 4 nitrogen and oxygen atoms in total. The maximum absolute atomic E-state index is 13.5. The van der Waals surface area contributed by atoms with Gasteiger partial charge in [-0.3, -0.25) is 9.58 Å². The van der Waals surface area contributed by atoms with E-state index in [0.717, 1.165) is 51.1 Å². The van der Waals surface area contributed by atoms with Crippen LogP contribution in [0, 0.1) is 11.6 Å². The Morgan fingerprint density at radius 1 is 1.21 bits per heavy atom. The van der Waals surface area contributed by atoms with Crippen LogP contribution >= 0.6 is 0 Å². The van der Waals surface area contributed by atoms with Crippen LogP contribution in [0.3, 0.4) is 0 Å². The van der Waals surface area contributed by atoms with Crippen molar-refractivity contribution in [1.82, 2.24) is 20.0 Å². The van der Waals surface area contributed by atoms with Crippen molar-refractivity contribution in [2.24, 2.45) is 0 Å². The minimum Gasteiger partial charge on any atom is -0.312 e. The Balaban J connectivity index is 1.40. The van der Waals surface area contributed by atoms with Gasteiger partial charge in [0.15, 0.2) is 11.6 Å². The Labute approximate surface area is 140 Å². The van der Waals surface area contributed by atoms with E-state index in [2.05, 4.69) is 21.5 Å². The van der Waals surface area contributed by atoms with E-state index >= 15 is 0 Å². The van der Waals surface area contributed by atoms with Crippen LogP contribution in [0.25, 0.3) is 0 Å². The van der Waals surface area contributed by atoms with E-state index in [1.807, 2.05) is 10.9 Å². The molecule has 2 aliphatic rings. The highest BCUT2D eigenvalue weighted by atomic mass is 19.2. The summed E-state index contributed by atoms with van der Waals surface area (Å²) in [7, 11) is 0. The zero-order chi connectivity index (χ0) is 16.5. The van der Waals surface area contributed by atoms with E-state index in [4.69, 9.17) is 0 Å². The van der Waals surface area contributed by atoms with E-state index in [-0.39, 0.29) is 5.92 Å². The van der Waals surface area contributed by atoms with Crippen LogP contribution in [0.1, 0.15) is 35.9 Å². The van der Waals surface area contributed by atoms with E-state index in [1.54, 1.807) is 6.07 Å². The summed E-state index contributed by atoms with van der Waals surface area (Å²) in [6, 6.07) is 4.79. The summed E-state index contributed by atoms with van der Waals surface area (Å²) in [5.41, 5.74) is 2.11. The monoisotopic (exact) mass is 332 g/mol. The molecular weight excluding hydrogens is 310 g/mol. The highest BCUT2D eigenvalue weighted by Crippen LogP contribution is 2.28. The second-order valence-electron chi connectivity index (χ2n) is 6.89. The summed E-state index contributed by atoms with van der Waals surface area (Å²) < 4.78 is 28.7. The van der Waals surface area contributed by atoms with E-state index in [9.17, 15) is 8.78 Å². The smallest absolute Gasteiger partial charge is 0.159 e. The lowest BCUT2D eigenvalue weighted by Gasteiger charge is -2.32. The van der Waals surface area contributed by atoms with Gasteiger partial charge in [0, 0.05) is 37.9 Å². The normalized spacial score (nSPS) is 22.5. The third-order valence-corrected chi connectivity index (χ3v) is 5.12. The van der Waals surface area contributed by atoms with Crippen molar-refractivity contribution in [3.63, 3.8) is 0 Å². The molecule has 0 amide bonds. The predicted molar refractivity (Wildman–Crippen MR) is 87.7 cm³/mol. The topological polar surface area (TPSA) is 33.1 Å². The molecular formula is C18H22F2N4. The molecule has 2 aromatic rings. The van der Waals surface area contributed by atoms with Gasteiger partial charge in [0.25, 0.3) is 0 Å². The molecule has 3 heterocycles. The SMILES string of the molecule is Fc1ccc(C2CCCN(Cc3cnn(C4CNC4)c3)C2)cc1F. The Bertz CT molecular complexity index is 711. The van der Waals surface area contributed by atoms with Crippen LogP contribution in [0.4, 0.5) is 8.78 Å².